The smallest absolute Gasteiger partial charge is 0.293 e. The first-order chi connectivity index (χ1) is 9.38. The van der Waals surface area contributed by atoms with Gasteiger partial charge in [-0.05, 0) is 19.3 Å². The molecule has 0 spiro atoms. The number of likely N-dealkylation sites (N-methyl/N-ethyl adjacent to an activating group) is 1. The number of H-pyrrole nitrogens is 1. The molecule has 2 rings (SSSR count). The fourth-order valence-electron chi connectivity index (χ4n) is 2.20. The largest absolute Gasteiger partial charge is 0.376 e. The van der Waals surface area contributed by atoms with Crippen LogP contribution in [0.4, 0.5) is 0 Å². The highest BCUT2D eigenvalue weighted by Crippen LogP contribution is 2.18. The Balaban J connectivity index is 1.97. The molecule has 1 aromatic rings. The van der Waals surface area contributed by atoms with Crippen LogP contribution in [0.1, 0.15) is 56.5 Å². The summed E-state index contributed by atoms with van der Waals surface area (Å²) in [6.45, 7) is 7.48. The molecular weight excluding hydrogens is 256 g/mol. The van der Waals surface area contributed by atoms with Crippen molar-refractivity contribution in [3.05, 3.63) is 11.6 Å². The minimum atomic E-state index is -0.161. The normalized spacial score (nSPS) is 19.9. The number of hydrogen-bond acceptors (Lipinski definition) is 4. The molecule has 1 aliphatic heterocycles. The predicted octanol–water partition coefficient (Wildman–Crippen LogP) is 1.74. The maximum atomic E-state index is 12.3. The number of hydrogen-bond donors (Lipinski definition) is 1. The van der Waals surface area contributed by atoms with E-state index < -0.39 is 0 Å². The molecular formula is C14H24N4O2. The molecule has 112 valence electrons. The van der Waals surface area contributed by atoms with Crippen molar-refractivity contribution in [1.29, 1.82) is 0 Å². The summed E-state index contributed by atoms with van der Waals surface area (Å²) in [4.78, 5) is 18.2. The Morgan fingerprint density at radius 2 is 2.20 bits per heavy atom. The lowest BCUT2D eigenvalue weighted by Crippen LogP contribution is -2.37. The molecule has 20 heavy (non-hydrogen) atoms. The number of carbonyl (C=O) groups is 1. The highest BCUT2D eigenvalue weighted by Gasteiger charge is 2.25. The highest BCUT2D eigenvalue weighted by atomic mass is 16.5. The van der Waals surface area contributed by atoms with Crippen LogP contribution in [0.2, 0.25) is 0 Å². The molecule has 0 saturated carbocycles. The lowest BCUT2D eigenvalue weighted by molar-refractivity contribution is -0.000396. The van der Waals surface area contributed by atoms with E-state index in [2.05, 4.69) is 15.2 Å². The lowest BCUT2D eigenvalue weighted by Gasteiger charge is -2.26. The van der Waals surface area contributed by atoms with E-state index in [1.807, 2.05) is 20.8 Å². The zero-order chi connectivity index (χ0) is 14.8. The van der Waals surface area contributed by atoms with E-state index in [-0.39, 0.29) is 23.3 Å². The molecule has 0 radical (unpaired) electrons. The van der Waals surface area contributed by atoms with Crippen LogP contribution in [0.5, 0.6) is 0 Å². The van der Waals surface area contributed by atoms with Crippen molar-refractivity contribution in [3.63, 3.8) is 0 Å². The van der Waals surface area contributed by atoms with Crippen LogP contribution in [-0.2, 0) is 10.2 Å². The number of amides is 1. The van der Waals surface area contributed by atoms with Gasteiger partial charge in [-0.25, -0.2) is 4.98 Å². The topological polar surface area (TPSA) is 71.1 Å². The zero-order valence-corrected chi connectivity index (χ0v) is 12.8. The molecule has 6 heteroatoms. The first-order valence-electron chi connectivity index (χ1n) is 7.18. The Morgan fingerprint density at radius 1 is 1.45 bits per heavy atom. The number of nitrogens with zero attached hydrogens (tertiary/aromatic N) is 3. The maximum Gasteiger partial charge on any atom is 0.293 e. The summed E-state index contributed by atoms with van der Waals surface area (Å²) in [5.74, 6) is 0.794. The van der Waals surface area contributed by atoms with E-state index in [1.165, 1.54) is 6.42 Å². The quantitative estimate of drug-likeness (QED) is 0.915. The summed E-state index contributed by atoms with van der Waals surface area (Å²) in [6, 6.07) is 0. The second kappa shape index (κ2) is 5.91. The molecule has 0 aromatic carbocycles. The second-order valence-corrected chi connectivity index (χ2v) is 6.43. The van der Waals surface area contributed by atoms with Crippen molar-refractivity contribution in [2.75, 3.05) is 20.2 Å². The summed E-state index contributed by atoms with van der Waals surface area (Å²) >= 11 is 0. The van der Waals surface area contributed by atoms with Gasteiger partial charge in [-0.15, -0.1) is 5.10 Å². The zero-order valence-electron chi connectivity index (χ0n) is 12.8. The Hall–Kier alpha value is -1.43. The fourth-order valence-corrected chi connectivity index (χ4v) is 2.20. The molecule has 1 N–H and O–H groups in total. The van der Waals surface area contributed by atoms with Crippen molar-refractivity contribution < 1.29 is 9.53 Å². The van der Waals surface area contributed by atoms with E-state index in [9.17, 15) is 4.79 Å². The molecule has 1 amide bonds. The average molecular weight is 280 g/mol. The molecule has 1 unspecified atom stereocenters. The van der Waals surface area contributed by atoms with E-state index in [0.717, 1.165) is 25.3 Å². The van der Waals surface area contributed by atoms with Gasteiger partial charge >= 0.3 is 0 Å². The first kappa shape index (κ1) is 15.0. The molecule has 0 bridgehead atoms. The van der Waals surface area contributed by atoms with Crippen LogP contribution < -0.4 is 0 Å². The standard InChI is InChI=1S/C14H24N4O2/c1-14(2,3)13-15-11(16-17-13)12(19)18(4)9-10-7-5-6-8-20-10/h10H,5-9H2,1-4H3,(H,15,16,17). The summed E-state index contributed by atoms with van der Waals surface area (Å²) in [7, 11) is 1.77. The van der Waals surface area contributed by atoms with E-state index in [0.29, 0.717) is 6.54 Å². The van der Waals surface area contributed by atoms with Crippen LogP contribution in [0.25, 0.3) is 0 Å². The van der Waals surface area contributed by atoms with Crippen molar-refractivity contribution in [3.8, 4) is 0 Å². The van der Waals surface area contributed by atoms with E-state index >= 15 is 0 Å². The van der Waals surface area contributed by atoms with Gasteiger partial charge in [0.25, 0.3) is 5.91 Å². The minimum absolute atomic E-state index is 0.138. The molecule has 1 aromatic heterocycles. The molecule has 2 heterocycles. The van der Waals surface area contributed by atoms with Gasteiger partial charge in [0.15, 0.2) is 0 Å². The molecule has 1 fully saturated rings. The maximum absolute atomic E-state index is 12.3. The highest BCUT2D eigenvalue weighted by molar-refractivity contribution is 5.90. The monoisotopic (exact) mass is 280 g/mol. The molecule has 1 aliphatic rings. The van der Waals surface area contributed by atoms with Crippen molar-refractivity contribution >= 4 is 5.91 Å². The van der Waals surface area contributed by atoms with Gasteiger partial charge in [-0.2, -0.15) is 0 Å². The third-order valence-electron chi connectivity index (χ3n) is 3.49. The van der Waals surface area contributed by atoms with Gasteiger partial charge in [-0.1, -0.05) is 20.8 Å². The summed E-state index contributed by atoms with van der Waals surface area (Å²) in [5, 5.41) is 6.87. The van der Waals surface area contributed by atoms with Crippen LogP contribution in [0, 0.1) is 0 Å². The molecule has 1 atom stereocenters. The van der Waals surface area contributed by atoms with Gasteiger partial charge in [0.05, 0.1) is 6.10 Å². The Morgan fingerprint density at radius 3 is 2.75 bits per heavy atom. The fraction of sp³-hybridized carbons (Fsp3) is 0.786. The third-order valence-corrected chi connectivity index (χ3v) is 3.49. The van der Waals surface area contributed by atoms with Gasteiger partial charge in [0.2, 0.25) is 5.82 Å². The van der Waals surface area contributed by atoms with E-state index in [4.69, 9.17) is 4.74 Å². The number of aromatic amines is 1. The van der Waals surface area contributed by atoms with E-state index in [1.54, 1.807) is 11.9 Å². The first-order valence-corrected chi connectivity index (χ1v) is 7.18. The second-order valence-electron chi connectivity index (χ2n) is 6.43. The minimum Gasteiger partial charge on any atom is -0.376 e. The summed E-state index contributed by atoms with van der Waals surface area (Å²) < 4.78 is 5.65. The summed E-state index contributed by atoms with van der Waals surface area (Å²) in [5.41, 5.74) is -0.142. The van der Waals surface area contributed by atoms with Crippen molar-refractivity contribution in [1.82, 2.24) is 20.1 Å². The van der Waals surface area contributed by atoms with Crippen LogP contribution in [0.15, 0.2) is 0 Å². The van der Waals surface area contributed by atoms with Crippen molar-refractivity contribution in [2.45, 2.75) is 51.6 Å². The number of nitrogens with one attached hydrogen (secondary N) is 1. The van der Waals surface area contributed by atoms with Crippen LogP contribution in [0.3, 0.4) is 0 Å². The van der Waals surface area contributed by atoms with Gasteiger partial charge in [0.1, 0.15) is 5.82 Å². The van der Waals surface area contributed by atoms with Gasteiger partial charge < -0.3 is 9.64 Å². The number of aromatic nitrogens is 3. The predicted molar refractivity (Wildman–Crippen MR) is 75.6 cm³/mol. The number of carbonyl (C=O) groups excluding carboxylic acids is 1. The Labute approximate surface area is 119 Å². The summed E-state index contributed by atoms with van der Waals surface area (Å²) in [6.07, 6.45) is 3.43. The average Bonchev–Trinajstić information content (AvgIpc) is 2.88. The third kappa shape index (κ3) is 3.56. The lowest BCUT2D eigenvalue weighted by atomic mass is 9.96. The SMILES string of the molecule is CN(CC1CCCCO1)C(=O)c1n[nH]c(C(C)(C)C)n1. The van der Waals surface area contributed by atoms with Crippen LogP contribution >= 0.6 is 0 Å². The Kier molecular flexibility index (Phi) is 4.42. The van der Waals surface area contributed by atoms with Crippen molar-refractivity contribution in [2.24, 2.45) is 0 Å². The van der Waals surface area contributed by atoms with Gasteiger partial charge in [0, 0.05) is 25.6 Å². The van der Waals surface area contributed by atoms with Gasteiger partial charge in [-0.3, -0.25) is 9.89 Å². The Bertz CT molecular complexity index is 458. The molecule has 1 saturated heterocycles. The molecule has 0 aliphatic carbocycles. The number of rotatable bonds is 3. The van der Waals surface area contributed by atoms with Crippen LogP contribution in [-0.4, -0.2) is 52.3 Å². The number of ether oxygens (including phenoxy) is 1. The molecule has 6 nitrogen and oxygen atoms in total.